The molecule has 1 rings (SSSR count). The molecule has 0 aromatic carbocycles. The van der Waals surface area contributed by atoms with Crippen molar-refractivity contribution in [2.45, 2.75) is 209 Å². The molecule has 0 aliphatic carbocycles. The summed E-state index contributed by atoms with van der Waals surface area (Å²) in [5.74, 6) is -9.65. The Kier molecular flexibility index (Phi) is 29.9. The first-order valence-corrected chi connectivity index (χ1v) is 29.2. The van der Waals surface area contributed by atoms with Crippen molar-refractivity contribution in [2.24, 2.45) is 35.5 Å². The van der Waals surface area contributed by atoms with E-state index in [9.17, 15) is 53.1 Å². The van der Waals surface area contributed by atoms with Crippen LogP contribution < -0.4 is 21.3 Å². The highest BCUT2D eigenvalue weighted by molar-refractivity contribution is 5.99. The minimum atomic E-state index is -1.61. The lowest BCUT2D eigenvalue weighted by molar-refractivity contribution is -0.157. The highest BCUT2D eigenvalue weighted by Gasteiger charge is 2.45. The Bertz CT molecular complexity index is 2260. The van der Waals surface area contributed by atoms with Gasteiger partial charge < -0.3 is 60.7 Å². The van der Waals surface area contributed by atoms with Crippen LogP contribution in [0.5, 0.6) is 0 Å². The summed E-state index contributed by atoms with van der Waals surface area (Å²) < 4.78 is 0. The van der Waals surface area contributed by atoms with Crippen LogP contribution in [0.25, 0.3) is 0 Å². The minimum Gasteiger partial charge on any atom is -0.390 e. The molecule has 0 bridgehead atoms. The molecule has 23 heteroatoms. The normalized spacial score (nSPS) is 27.4. The third-order valence-corrected chi connectivity index (χ3v) is 15.6. The van der Waals surface area contributed by atoms with Gasteiger partial charge in [0.15, 0.2) is 0 Å². The third-order valence-electron chi connectivity index (χ3n) is 15.6. The van der Waals surface area contributed by atoms with E-state index in [0.29, 0.717) is 6.42 Å². The Morgan fingerprint density at radius 3 is 1.43 bits per heavy atom. The first-order chi connectivity index (χ1) is 37.8. The molecule has 0 radical (unpaired) electrons. The fraction of sp³-hybridized carbons (Fsp3) is 0.780. The maximum atomic E-state index is 15.0. The first kappa shape index (κ1) is 73.9. The summed E-state index contributed by atoms with van der Waals surface area (Å²) in [7, 11) is 9.78. The fourth-order valence-electron chi connectivity index (χ4n) is 10.1. The van der Waals surface area contributed by atoms with E-state index in [1.165, 1.54) is 89.7 Å². The molecule has 82 heavy (non-hydrogen) atoms. The molecule has 468 valence electrons. The van der Waals surface area contributed by atoms with E-state index in [-0.39, 0.29) is 43.4 Å². The number of aliphatic hydroxyl groups excluding tert-OH is 1. The smallest absolute Gasteiger partial charge is 0.246 e. The standard InChI is InChI=1S/C59H105N11O12/c1-24-26-27-37(13)49(72)48-53(76)62-41(25-2)56(79)64(17)31-45(71)66(19)42(28-32(3)4)52(75)63-46(35(9)10)58(81)67(20)43(29-33(5)6)51(74)60-38(14)50(73)61-39(15)54(77)65(18)40(16)55(78)68(21)44(30-34(7)8)57(80)69(22)47(36(11)12)59(82)70(48)23/h24,26,32-44,46-49,72H,25,27-31H2,1-23H3,(H,60,74)(H,61,73)(H,62,76)(H,63,75)/b26-24-. The number of aliphatic hydroxyl groups is 1. The van der Waals surface area contributed by atoms with Crippen LogP contribution in [0, 0.1) is 35.5 Å². The van der Waals surface area contributed by atoms with Gasteiger partial charge in [-0.1, -0.05) is 95.2 Å². The Morgan fingerprint density at radius 2 is 0.951 bits per heavy atom. The van der Waals surface area contributed by atoms with E-state index in [2.05, 4.69) is 21.3 Å². The molecule has 1 aliphatic rings. The van der Waals surface area contributed by atoms with Gasteiger partial charge >= 0.3 is 0 Å². The van der Waals surface area contributed by atoms with Gasteiger partial charge in [0, 0.05) is 49.3 Å². The first-order valence-electron chi connectivity index (χ1n) is 29.2. The van der Waals surface area contributed by atoms with Gasteiger partial charge in [-0.25, -0.2) is 0 Å². The average molecular weight is 1160 g/mol. The lowest BCUT2D eigenvalue weighted by Gasteiger charge is -2.41. The van der Waals surface area contributed by atoms with Crippen molar-refractivity contribution in [1.82, 2.24) is 55.6 Å². The number of allylic oxidation sites excluding steroid dienone is 2. The van der Waals surface area contributed by atoms with Gasteiger partial charge in [-0.15, -0.1) is 0 Å². The van der Waals surface area contributed by atoms with Crippen LogP contribution in [-0.2, 0) is 52.7 Å². The van der Waals surface area contributed by atoms with Gasteiger partial charge in [0.25, 0.3) is 0 Å². The summed E-state index contributed by atoms with van der Waals surface area (Å²) in [6.07, 6.45) is 2.88. The number of likely N-dealkylation sites (N-methyl/N-ethyl adjacent to an activating group) is 7. The zero-order chi connectivity index (χ0) is 63.7. The Hall–Kier alpha value is -6.13. The monoisotopic (exact) mass is 1160 g/mol. The van der Waals surface area contributed by atoms with E-state index >= 15 is 4.79 Å². The number of amides is 11. The highest BCUT2D eigenvalue weighted by Crippen LogP contribution is 2.25. The maximum Gasteiger partial charge on any atom is 0.246 e. The topological polar surface area (TPSA) is 279 Å². The molecule has 1 fully saturated rings. The van der Waals surface area contributed by atoms with Gasteiger partial charge in [-0.2, -0.15) is 0 Å². The molecule has 1 aliphatic heterocycles. The molecule has 0 aromatic heterocycles. The predicted octanol–water partition coefficient (Wildman–Crippen LogP) is 2.24. The molecule has 1 saturated heterocycles. The number of rotatable bonds is 13. The summed E-state index contributed by atoms with van der Waals surface area (Å²) in [6, 6.07) is -12.3. The van der Waals surface area contributed by atoms with Crippen LogP contribution in [-0.4, -0.2) is 227 Å². The molecule has 0 aromatic rings. The van der Waals surface area contributed by atoms with Crippen LogP contribution in [0.4, 0.5) is 0 Å². The summed E-state index contributed by atoms with van der Waals surface area (Å²) in [4.78, 5) is 166. The van der Waals surface area contributed by atoms with E-state index in [1.54, 1.807) is 60.6 Å². The average Bonchev–Trinajstić information content (AvgIpc) is 3.59. The highest BCUT2D eigenvalue weighted by atomic mass is 16.3. The molecular weight excluding hydrogens is 1050 g/mol. The van der Waals surface area contributed by atoms with Crippen molar-refractivity contribution in [3.8, 4) is 0 Å². The van der Waals surface area contributed by atoms with Crippen molar-refractivity contribution in [2.75, 3.05) is 55.9 Å². The van der Waals surface area contributed by atoms with Crippen LogP contribution in [0.15, 0.2) is 12.2 Å². The molecule has 5 N–H and O–H groups in total. The summed E-state index contributed by atoms with van der Waals surface area (Å²) in [5.41, 5.74) is 0. The SMILES string of the molecule is C/C=C\CC(C)C(O)C1C(=O)NC(CC)C(=O)N(C)CC(=O)N(C)C(CC(C)C)C(=O)NC(C(C)C)C(=O)N(C)C(CC(C)C)C(=O)NC(C)C(=O)NC(C)C(=O)N(C)C(C)C(=O)N(C)C(CC(C)C)C(=O)N(C)C(C(C)C)C(=O)N1C. The molecule has 12 atom stereocenters. The quantitative estimate of drug-likeness (QED) is 0.166. The number of nitrogens with one attached hydrogen (secondary N) is 4. The van der Waals surface area contributed by atoms with Gasteiger partial charge in [-0.05, 0) is 95.3 Å². The predicted molar refractivity (Wildman–Crippen MR) is 315 cm³/mol. The second kappa shape index (κ2) is 33.2. The van der Waals surface area contributed by atoms with E-state index in [4.69, 9.17) is 0 Å². The zero-order valence-corrected chi connectivity index (χ0v) is 53.8. The van der Waals surface area contributed by atoms with Crippen LogP contribution in [0.1, 0.15) is 143 Å². The Morgan fingerprint density at radius 1 is 0.488 bits per heavy atom. The van der Waals surface area contributed by atoms with Gasteiger partial charge in [-0.3, -0.25) is 52.7 Å². The summed E-state index contributed by atoms with van der Waals surface area (Å²) in [6.45, 7) is 26.9. The number of carbonyl (C=O) groups is 11. The van der Waals surface area contributed by atoms with Crippen molar-refractivity contribution in [1.29, 1.82) is 0 Å². The molecule has 1 heterocycles. The van der Waals surface area contributed by atoms with E-state index in [1.807, 2.05) is 41.5 Å². The maximum absolute atomic E-state index is 15.0. The Balaban J connectivity index is 4.21. The van der Waals surface area contributed by atoms with Crippen LogP contribution >= 0.6 is 0 Å². The number of nitrogens with zero attached hydrogens (tertiary/aromatic N) is 7. The van der Waals surface area contributed by atoms with Crippen molar-refractivity contribution in [3.05, 3.63) is 12.2 Å². The van der Waals surface area contributed by atoms with E-state index < -0.39 is 156 Å². The van der Waals surface area contributed by atoms with E-state index in [0.717, 1.165) is 14.7 Å². The molecule has 0 saturated carbocycles. The number of carbonyl (C=O) groups excluding carboxylic acids is 11. The second-order valence-corrected chi connectivity index (χ2v) is 24.6. The number of hydrogen-bond donors (Lipinski definition) is 5. The van der Waals surface area contributed by atoms with Crippen molar-refractivity contribution >= 4 is 65.0 Å². The van der Waals surface area contributed by atoms with Crippen LogP contribution in [0.2, 0.25) is 0 Å². The molecule has 11 amide bonds. The minimum absolute atomic E-state index is 0.0235. The summed E-state index contributed by atoms with van der Waals surface area (Å²) >= 11 is 0. The number of hydrogen-bond acceptors (Lipinski definition) is 12. The second-order valence-electron chi connectivity index (χ2n) is 24.6. The molecule has 0 spiro atoms. The van der Waals surface area contributed by atoms with Gasteiger partial charge in [0.05, 0.1) is 12.6 Å². The lowest BCUT2D eigenvalue weighted by Crippen LogP contribution is -2.63. The fourth-order valence-corrected chi connectivity index (χ4v) is 10.1. The van der Waals surface area contributed by atoms with Crippen molar-refractivity contribution in [3.63, 3.8) is 0 Å². The van der Waals surface area contributed by atoms with Gasteiger partial charge in [0.1, 0.15) is 60.4 Å². The largest absolute Gasteiger partial charge is 0.390 e. The lowest BCUT2D eigenvalue weighted by atomic mass is 9.91. The summed E-state index contributed by atoms with van der Waals surface area (Å²) in [5, 5.41) is 22.9. The van der Waals surface area contributed by atoms with Gasteiger partial charge in [0.2, 0.25) is 65.0 Å². The molecule has 12 unspecified atom stereocenters. The zero-order valence-electron chi connectivity index (χ0n) is 53.8. The third kappa shape index (κ3) is 20.1. The molecular formula is C59H105N11O12. The van der Waals surface area contributed by atoms with Crippen LogP contribution in [0.3, 0.4) is 0 Å². The Labute approximate surface area is 489 Å². The van der Waals surface area contributed by atoms with Crippen molar-refractivity contribution < 1.29 is 57.8 Å². The molecule has 23 nitrogen and oxygen atoms in total.